The Morgan fingerprint density at radius 2 is 2.11 bits per heavy atom. The van der Waals surface area contributed by atoms with E-state index in [1.54, 1.807) is 7.11 Å². The molecule has 0 spiro atoms. The van der Waals surface area contributed by atoms with Crippen LogP contribution in [0.15, 0.2) is 24.3 Å². The molecule has 2 rings (SSSR count). The Balaban J connectivity index is 2.26. The van der Waals surface area contributed by atoms with Crippen LogP contribution >= 0.6 is 0 Å². The maximum Gasteiger partial charge on any atom is 0.122 e. The number of methoxy groups -OCH3 is 1. The van der Waals surface area contributed by atoms with E-state index in [0.29, 0.717) is 11.7 Å². The van der Waals surface area contributed by atoms with Crippen molar-refractivity contribution >= 4 is 5.82 Å². The molecule has 96 valence electrons. The van der Waals surface area contributed by atoms with E-state index in [-0.39, 0.29) is 0 Å². The van der Waals surface area contributed by atoms with Crippen molar-refractivity contribution in [2.45, 2.75) is 26.2 Å². The maximum atomic E-state index is 5.62. The molecule has 0 unspecified atom stereocenters. The lowest BCUT2D eigenvalue weighted by Gasteiger charge is -2.13. The first-order valence-corrected chi connectivity index (χ1v) is 6.06. The lowest BCUT2D eigenvalue weighted by Crippen LogP contribution is -1.97. The molecule has 1 aromatic heterocycles. The summed E-state index contributed by atoms with van der Waals surface area (Å²) in [6.45, 7) is 4.32. The molecule has 0 atom stereocenters. The Morgan fingerprint density at radius 1 is 1.33 bits per heavy atom. The molecule has 0 fully saturated rings. The van der Waals surface area contributed by atoms with Gasteiger partial charge in [-0.2, -0.15) is 5.10 Å². The Bertz CT molecular complexity index is 532. The average Bonchev–Trinajstić information content (AvgIpc) is 2.74. The molecule has 18 heavy (non-hydrogen) atoms. The van der Waals surface area contributed by atoms with Crippen LogP contribution in [0.1, 0.15) is 36.6 Å². The molecular formula is C14H19N3O. The number of nitrogens with one attached hydrogen (secondary N) is 1. The minimum atomic E-state index is 0.434. The highest BCUT2D eigenvalue weighted by atomic mass is 16.5. The van der Waals surface area contributed by atoms with E-state index in [4.69, 9.17) is 10.5 Å². The first kappa shape index (κ1) is 12.5. The average molecular weight is 245 g/mol. The van der Waals surface area contributed by atoms with Gasteiger partial charge in [-0.3, -0.25) is 5.10 Å². The summed E-state index contributed by atoms with van der Waals surface area (Å²) in [5.41, 5.74) is 9.00. The van der Waals surface area contributed by atoms with Crippen molar-refractivity contribution in [3.8, 4) is 5.75 Å². The van der Waals surface area contributed by atoms with Gasteiger partial charge in [-0.15, -0.1) is 0 Å². The van der Waals surface area contributed by atoms with E-state index in [0.717, 1.165) is 17.9 Å². The quantitative estimate of drug-likeness (QED) is 0.870. The summed E-state index contributed by atoms with van der Waals surface area (Å²) in [5.74, 6) is 1.97. The SMILES string of the molecule is COc1ccc(Cc2cc(N)[nH]n2)cc1C(C)C. The van der Waals surface area contributed by atoms with Gasteiger partial charge in [0.25, 0.3) is 0 Å². The second-order valence-corrected chi connectivity index (χ2v) is 4.72. The molecule has 0 bridgehead atoms. The van der Waals surface area contributed by atoms with Crippen molar-refractivity contribution in [3.05, 3.63) is 41.1 Å². The molecule has 0 saturated heterocycles. The summed E-state index contributed by atoms with van der Waals surface area (Å²) in [6, 6.07) is 8.11. The number of nitrogens with zero attached hydrogens (tertiary/aromatic N) is 1. The summed E-state index contributed by atoms with van der Waals surface area (Å²) in [7, 11) is 1.70. The van der Waals surface area contributed by atoms with Gasteiger partial charge >= 0.3 is 0 Å². The molecule has 0 saturated carbocycles. The molecule has 1 aromatic carbocycles. The third kappa shape index (κ3) is 2.64. The second-order valence-electron chi connectivity index (χ2n) is 4.72. The van der Waals surface area contributed by atoms with Gasteiger partial charge in [0.2, 0.25) is 0 Å². The predicted octanol–water partition coefficient (Wildman–Crippen LogP) is 2.71. The highest BCUT2D eigenvalue weighted by Crippen LogP contribution is 2.28. The van der Waals surface area contributed by atoms with Gasteiger partial charge < -0.3 is 10.5 Å². The predicted molar refractivity (Wildman–Crippen MR) is 72.9 cm³/mol. The van der Waals surface area contributed by atoms with Crippen molar-refractivity contribution in [3.63, 3.8) is 0 Å². The molecule has 0 aliphatic carbocycles. The van der Waals surface area contributed by atoms with E-state index in [9.17, 15) is 0 Å². The lowest BCUT2D eigenvalue weighted by atomic mass is 9.98. The first-order chi connectivity index (χ1) is 8.60. The Hall–Kier alpha value is -1.97. The Morgan fingerprint density at radius 3 is 2.67 bits per heavy atom. The number of hydrogen-bond acceptors (Lipinski definition) is 3. The van der Waals surface area contributed by atoms with Gasteiger partial charge in [0.05, 0.1) is 12.8 Å². The van der Waals surface area contributed by atoms with Gasteiger partial charge in [0, 0.05) is 12.5 Å². The van der Waals surface area contributed by atoms with Crippen LogP contribution in [0, 0.1) is 0 Å². The number of anilines is 1. The maximum absolute atomic E-state index is 5.62. The number of hydrogen-bond donors (Lipinski definition) is 2. The standard InChI is InChI=1S/C14H19N3O/c1-9(2)12-7-10(4-5-13(12)18-3)6-11-8-14(15)17-16-11/h4-5,7-9H,6H2,1-3H3,(H3,15,16,17). The molecule has 3 N–H and O–H groups in total. The van der Waals surface area contributed by atoms with Crippen molar-refractivity contribution in [2.24, 2.45) is 0 Å². The van der Waals surface area contributed by atoms with Crippen molar-refractivity contribution in [2.75, 3.05) is 12.8 Å². The number of benzene rings is 1. The largest absolute Gasteiger partial charge is 0.496 e. The normalized spacial score (nSPS) is 10.9. The van der Waals surface area contributed by atoms with Crippen molar-refractivity contribution < 1.29 is 4.74 Å². The molecule has 0 radical (unpaired) electrons. The van der Waals surface area contributed by atoms with Gasteiger partial charge in [0.15, 0.2) is 0 Å². The van der Waals surface area contributed by atoms with Gasteiger partial charge in [0.1, 0.15) is 11.6 Å². The summed E-state index contributed by atoms with van der Waals surface area (Å²) < 4.78 is 5.37. The number of ether oxygens (including phenoxy) is 1. The van der Waals surface area contributed by atoms with E-state index >= 15 is 0 Å². The minimum Gasteiger partial charge on any atom is -0.496 e. The third-order valence-electron chi connectivity index (χ3n) is 2.95. The van der Waals surface area contributed by atoms with E-state index < -0.39 is 0 Å². The number of aromatic amines is 1. The Kier molecular flexibility index (Phi) is 3.55. The summed E-state index contributed by atoms with van der Waals surface area (Å²) >= 11 is 0. The summed E-state index contributed by atoms with van der Waals surface area (Å²) in [4.78, 5) is 0. The molecule has 4 nitrogen and oxygen atoms in total. The fourth-order valence-corrected chi connectivity index (χ4v) is 2.03. The smallest absolute Gasteiger partial charge is 0.122 e. The fourth-order valence-electron chi connectivity index (χ4n) is 2.03. The third-order valence-corrected chi connectivity index (χ3v) is 2.95. The molecule has 0 amide bonds. The molecular weight excluding hydrogens is 226 g/mol. The fraction of sp³-hybridized carbons (Fsp3) is 0.357. The molecule has 0 aliphatic heterocycles. The van der Waals surface area contributed by atoms with Crippen LogP contribution in [0.4, 0.5) is 5.82 Å². The Labute approximate surface area is 107 Å². The number of aromatic nitrogens is 2. The number of H-pyrrole nitrogens is 1. The lowest BCUT2D eigenvalue weighted by molar-refractivity contribution is 0.407. The molecule has 4 heteroatoms. The zero-order valence-corrected chi connectivity index (χ0v) is 11.0. The van der Waals surface area contributed by atoms with E-state index in [1.807, 2.05) is 12.1 Å². The van der Waals surface area contributed by atoms with Crippen LogP contribution in [0.5, 0.6) is 5.75 Å². The molecule has 0 aliphatic rings. The van der Waals surface area contributed by atoms with E-state index in [2.05, 4.69) is 36.2 Å². The minimum absolute atomic E-state index is 0.434. The zero-order chi connectivity index (χ0) is 13.1. The number of rotatable bonds is 4. The molecule has 1 heterocycles. The number of nitrogen functional groups attached to an aromatic ring is 1. The van der Waals surface area contributed by atoms with Gasteiger partial charge in [-0.25, -0.2) is 0 Å². The van der Waals surface area contributed by atoms with E-state index in [1.165, 1.54) is 11.1 Å². The van der Waals surface area contributed by atoms with Gasteiger partial charge in [-0.1, -0.05) is 26.0 Å². The van der Waals surface area contributed by atoms with Crippen LogP contribution in [0.25, 0.3) is 0 Å². The monoisotopic (exact) mass is 245 g/mol. The summed E-state index contributed by atoms with van der Waals surface area (Å²) in [5, 5.41) is 6.90. The highest BCUT2D eigenvalue weighted by Gasteiger charge is 2.09. The van der Waals surface area contributed by atoms with Crippen molar-refractivity contribution in [1.29, 1.82) is 0 Å². The summed E-state index contributed by atoms with van der Waals surface area (Å²) in [6.07, 6.45) is 0.775. The highest BCUT2D eigenvalue weighted by molar-refractivity contribution is 5.41. The molecule has 2 aromatic rings. The van der Waals surface area contributed by atoms with Gasteiger partial charge in [-0.05, 0) is 23.1 Å². The van der Waals surface area contributed by atoms with Crippen molar-refractivity contribution in [1.82, 2.24) is 10.2 Å². The van der Waals surface area contributed by atoms with Crippen LogP contribution < -0.4 is 10.5 Å². The first-order valence-electron chi connectivity index (χ1n) is 6.06. The zero-order valence-electron chi connectivity index (χ0n) is 11.0. The second kappa shape index (κ2) is 5.12. The van der Waals surface area contributed by atoms with Crippen LogP contribution in [-0.4, -0.2) is 17.3 Å². The van der Waals surface area contributed by atoms with Crippen LogP contribution in [0.3, 0.4) is 0 Å². The van der Waals surface area contributed by atoms with Crippen LogP contribution in [0.2, 0.25) is 0 Å². The van der Waals surface area contributed by atoms with Crippen LogP contribution in [-0.2, 0) is 6.42 Å². The number of nitrogens with two attached hydrogens (primary N) is 1. The topological polar surface area (TPSA) is 63.9 Å².